The lowest BCUT2D eigenvalue weighted by atomic mass is 9.98. The van der Waals surface area contributed by atoms with Crippen molar-refractivity contribution in [2.24, 2.45) is 11.7 Å². The molecule has 1 atom stereocenters. The Labute approximate surface area is 189 Å². The van der Waals surface area contributed by atoms with Gasteiger partial charge in [-0.25, -0.2) is 0 Å². The maximum absolute atomic E-state index is 13.9. The van der Waals surface area contributed by atoms with Gasteiger partial charge in [-0.3, -0.25) is 0 Å². The second kappa shape index (κ2) is 10.1. The summed E-state index contributed by atoms with van der Waals surface area (Å²) < 4.78 is 41.6. The van der Waals surface area contributed by atoms with Crippen LogP contribution in [0.3, 0.4) is 0 Å². The van der Waals surface area contributed by atoms with Crippen LogP contribution in [0.1, 0.15) is 55.2 Å². The highest BCUT2D eigenvalue weighted by molar-refractivity contribution is 7.14. The van der Waals surface area contributed by atoms with Gasteiger partial charge in [-0.05, 0) is 30.9 Å². The summed E-state index contributed by atoms with van der Waals surface area (Å²) in [5.41, 5.74) is 4.30. The van der Waals surface area contributed by atoms with Crippen molar-refractivity contribution in [1.29, 1.82) is 5.41 Å². The summed E-state index contributed by atoms with van der Waals surface area (Å²) in [6.45, 7) is 1.87. The van der Waals surface area contributed by atoms with E-state index in [0.717, 1.165) is 30.0 Å². The maximum Gasteiger partial charge on any atom is 0.417 e. The topological polar surface area (TPSA) is 108 Å². The number of aliphatic hydroxyl groups excluding tert-OH is 1. The summed E-state index contributed by atoms with van der Waals surface area (Å²) in [5, 5.41) is 28.6. The van der Waals surface area contributed by atoms with Gasteiger partial charge in [0.2, 0.25) is 0 Å². The number of nitrogens with zero attached hydrogens (tertiary/aromatic N) is 2. The molecule has 0 saturated heterocycles. The summed E-state index contributed by atoms with van der Waals surface area (Å²) in [6.07, 6.45) is 3.67. The van der Waals surface area contributed by atoms with E-state index >= 15 is 0 Å². The largest absolute Gasteiger partial charge is 0.417 e. The number of halogens is 3. The third-order valence-electron chi connectivity index (χ3n) is 5.71. The summed E-state index contributed by atoms with van der Waals surface area (Å²) >= 11 is 1.04. The van der Waals surface area contributed by atoms with Gasteiger partial charge in [-0.2, -0.15) is 13.2 Å². The van der Waals surface area contributed by atoms with Crippen molar-refractivity contribution in [3.63, 3.8) is 0 Å². The Bertz CT molecular complexity index is 965. The highest BCUT2D eigenvalue weighted by atomic mass is 32.1. The van der Waals surface area contributed by atoms with Gasteiger partial charge in [-0.15, -0.1) is 10.2 Å². The SMILES string of the molecule is C[C@](N)(CO)c1nnc(-c2ccc(/C(C=N)=C/NCCC3CCCC3)c(C(F)(F)F)c2)s1. The van der Waals surface area contributed by atoms with Crippen LogP contribution in [0.4, 0.5) is 13.2 Å². The van der Waals surface area contributed by atoms with Crippen molar-refractivity contribution in [2.75, 3.05) is 13.2 Å². The molecular weight excluding hydrogens is 439 g/mol. The number of nitrogens with one attached hydrogen (secondary N) is 2. The average Bonchev–Trinajstić information content (AvgIpc) is 3.45. The Kier molecular flexibility index (Phi) is 7.68. The van der Waals surface area contributed by atoms with Gasteiger partial charge in [0.25, 0.3) is 0 Å². The lowest BCUT2D eigenvalue weighted by Crippen LogP contribution is -2.36. The quantitative estimate of drug-likeness (QED) is 0.320. The number of rotatable bonds is 9. The number of aromatic nitrogens is 2. The number of hydrogen-bond donors (Lipinski definition) is 4. The van der Waals surface area contributed by atoms with Crippen molar-refractivity contribution >= 4 is 23.1 Å². The van der Waals surface area contributed by atoms with Crippen LogP contribution in [-0.2, 0) is 11.7 Å². The predicted molar refractivity (Wildman–Crippen MR) is 120 cm³/mol. The van der Waals surface area contributed by atoms with Crippen molar-refractivity contribution in [1.82, 2.24) is 15.5 Å². The Morgan fingerprint density at radius 1 is 1.31 bits per heavy atom. The first-order chi connectivity index (χ1) is 15.2. The minimum atomic E-state index is -4.61. The van der Waals surface area contributed by atoms with E-state index in [1.807, 2.05) is 0 Å². The Morgan fingerprint density at radius 2 is 2.03 bits per heavy atom. The number of allylic oxidation sites excluding steroid dienone is 1. The molecule has 0 spiro atoms. The first kappa shape index (κ1) is 24.3. The Hall–Kier alpha value is -2.30. The van der Waals surface area contributed by atoms with Crippen molar-refractivity contribution < 1.29 is 18.3 Å². The van der Waals surface area contributed by atoms with Gasteiger partial charge < -0.3 is 21.6 Å². The van der Waals surface area contributed by atoms with E-state index in [1.165, 1.54) is 44.0 Å². The standard InChI is InChI=1S/C22H28F3N5OS/c1-21(27,13-31)20-30-29-19(32-20)15-6-7-17(18(10-15)22(23,24)25)16(11-26)12-28-9-8-14-4-2-3-5-14/h6-7,10-12,14,26,28,31H,2-5,8-9,13,27H2,1H3/b16-12+,26-11?/t21-/m0/s1. The number of hydrogen-bond acceptors (Lipinski definition) is 7. The Morgan fingerprint density at radius 3 is 2.66 bits per heavy atom. The molecule has 0 amide bonds. The second-order valence-electron chi connectivity index (χ2n) is 8.38. The molecule has 5 N–H and O–H groups in total. The van der Waals surface area contributed by atoms with Crippen LogP contribution >= 0.6 is 11.3 Å². The van der Waals surface area contributed by atoms with Crippen molar-refractivity contribution in [3.8, 4) is 10.6 Å². The molecule has 10 heteroatoms. The van der Waals surface area contributed by atoms with Gasteiger partial charge >= 0.3 is 6.18 Å². The highest BCUT2D eigenvalue weighted by Gasteiger charge is 2.35. The molecule has 1 fully saturated rings. The summed E-state index contributed by atoms with van der Waals surface area (Å²) in [5.74, 6) is 0.669. The third-order valence-corrected chi connectivity index (χ3v) is 6.96. The fourth-order valence-corrected chi connectivity index (χ4v) is 4.66. The van der Waals surface area contributed by atoms with Crippen LogP contribution < -0.4 is 11.1 Å². The first-order valence-corrected chi connectivity index (χ1v) is 11.4. The van der Waals surface area contributed by atoms with Crippen LogP contribution in [0.2, 0.25) is 0 Å². The molecular formula is C22H28F3N5OS. The van der Waals surface area contributed by atoms with E-state index in [1.54, 1.807) is 6.92 Å². The lowest BCUT2D eigenvalue weighted by molar-refractivity contribution is -0.137. The van der Waals surface area contributed by atoms with E-state index in [4.69, 9.17) is 11.1 Å². The molecule has 1 aromatic heterocycles. The molecule has 0 bridgehead atoms. The smallest absolute Gasteiger partial charge is 0.394 e. The molecule has 1 aliphatic carbocycles. The van der Waals surface area contributed by atoms with Crippen LogP contribution in [0, 0.1) is 11.3 Å². The van der Waals surface area contributed by atoms with E-state index in [2.05, 4.69) is 15.5 Å². The van der Waals surface area contributed by atoms with Crippen LogP contribution in [0.15, 0.2) is 24.4 Å². The zero-order valence-corrected chi connectivity index (χ0v) is 18.7. The van der Waals surface area contributed by atoms with E-state index in [0.29, 0.717) is 17.5 Å². The normalized spacial score (nSPS) is 17.4. The molecule has 32 heavy (non-hydrogen) atoms. The van der Waals surface area contributed by atoms with Gasteiger partial charge in [0.05, 0.1) is 17.7 Å². The molecule has 1 heterocycles. The zero-order chi connectivity index (χ0) is 23.4. The van der Waals surface area contributed by atoms with Crippen LogP contribution in [0.25, 0.3) is 16.1 Å². The molecule has 3 rings (SSSR count). The molecule has 1 saturated carbocycles. The monoisotopic (exact) mass is 467 g/mol. The van der Waals surface area contributed by atoms with E-state index in [-0.39, 0.29) is 28.3 Å². The fraction of sp³-hybridized carbons (Fsp3) is 0.500. The molecule has 0 aliphatic heterocycles. The van der Waals surface area contributed by atoms with Gasteiger partial charge in [0.15, 0.2) is 0 Å². The van der Waals surface area contributed by atoms with Crippen LogP contribution in [-0.4, -0.2) is 34.7 Å². The lowest BCUT2D eigenvalue weighted by Gasteiger charge is -2.17. The minimum absolute atomic E-state index is 0.0756. The number of benzene rings is 1. The summed E-state index contributed by atoms with van der Waals surface area (Å²) in [4.78, 5) is 0. The third kappa shape index (κ3) is 5.73. The molecule has 174 valence electrons. The molecule has 1 aromatic carbocycles. The van der Waals surface area contributed by atoms with Crippen molar-refractivity contribution in [3.05, 3.63) is 40.5 Å². The summed E-state index contributed by atoms with van der Waals surface area (Å²) in [7, 11) is 0. The Balaban J connectivity index is 1.86. The predicted octanol–water partition coefficient (Wildman–Crippen LogP) is 4.55. The molecule has 2 aromatic rings. The molecule has 0 unspecified atom stereocenters. The minimum Gasteiger partial charge on any atom is -0.394 e. The van der Waals surface area contributed by atoms with Crippen LogP contribution in [0.5, 0.6) is 0 Å². The second-order valence-corrected chi connectivity index (χ2v) is 9.36. The van der Waals surface area contributed by atoms with E-state index < -0.39 is 17.3 Å². The number of aliphatic hydroxyl groups is 1. The molecule has 1 aliphatic rings. The van der Waals surface area contributed by atoms with Gasteiger partial charge in [-0.1, -0.05) is 49.2 Å². The summed E-state index contributed by atoms with van der Waals surface area (Å²) in [6, 6.07) is 3.89. The average molecular weight is 468 g/mol. The van der Waals surface area contributed by atoms with Crippen molar-refractivity contribution in [2.45, 2.75) is 50.7 Å². The fourth-order valence-electron chi connectivity index (χ4n) is 3.77. The zero-order valence-electron chi connectivity index (χ0n) is 17.9. The van der Waals surface area contributed by atoms with Gasteiger partial charge in [0, 0.05) is 30.1 Å². The van der Waals surface area contributed by atoms with E-state index in [9.17, 15) is 18.3 Å². The van der Waals surface area contributed by atoms with Gasteiger partial charge in [0.1, 0.15) is 10.0 Å². The number of alkyl halides is 3. The highest BCUT2D eigenvalue weighted by Crippen LogP contribution is 2.38. The molecule has 0 radical (unpaired) electrons. The first-order valence-electron chi connectivity index (χ1n) is 10.6. The maximum atomic E-state index is 13.9. The molecule has 6 nitrogen and oxygen atoms in total. The number of nitrogens with two attached hydrogens (primary N) is 1.